The number of hydrogen-bond donors (Lipinski definition) is 1. The molecule has 0 bridgehead atoms. The molecule has 0 radical (unpaired) electrons. The van der Waals surface area contributed by atoms with Crippen molar-refractivity contribution in [2.45, 2.75) is 37.3 Å². The van der Waals surface area contributed by atoms with E-state index in [0.29, 0.717) is 62.2 Å². The second-order valence-electron chi connectivity index (χ2n) is 13.1. The number of piperidine rings is 2. The van der Waals surface area contributed by atoms with Crippen LogP contribution >= 0.6 is 0 Å². The number of rotatable bonds is 6. The number of benzene rings is 2. The predicted octanol–water partition coefficient (Wildman–Crippen LogP) is 4.04. The third-order valence-corrected chi connectivity index (χ3v) is 10.2. The van der Waals surface area contributed by atoms with Crippen LogP contribution in [0.2, 0.25) is 0 Å². The van der Waals surface area contributed by atoms with Crippen LogP contribution in [0.5, 0.6) is 0 Å². The summed E-state index contributed by atoms with van der Waals surface area (Å²) in [6.45, 7) is 1.86. The maximum absolute atomic E-state index is 14.1. The van der Waals surface area contributed by atoms with E-state index in [1.165, 1.54) is 10.9 Å². The minimum atomic E-state index is -1.12. The maximum Gasteiger partial charge on any atom is 0.270 e. The van der Waals surface area contributed by atoms with Crippen LogP contribution in [-0.2, 0) is 25.4 Å². The number of amides is 2. The van der Waals surface area contributed by atoms with Crippen molar-refractivity contribution in [2.24, 2.45) is 20.0 Å². The second-order valence-corrected chi connectivity index (χ2v) is 13.1. The fourth-order valence-corrected chi connectivity index (χ4v) is 7.40. The summed E-state index contributed by atoms with van der Waals surface area (Å²) >= 11 is 0. The van der Waals surface area contributed by atoms with Gasteiger partial charge in [0.25, 0.3) is 11.5 Å². The summed E-state index contributed by atoms with van der Waals surface area (Å²) < 4.78 is 5.23. The Morgan fingerprint density at radius 1 is 0.894 bits per heavy atom. The van der Waals surface area contributed by atoms with Crippen molar-refractivity contribution >= 4 is 22.8 Å². The molecule has 47 heavy (non-hydrogen) atoms. The van der Waals surface area contributed by atoms with Gasteiger partial charge >= 0.3 is 0 Å². The minimum absolute atomic E-state index is 0.0389. The van der Waals surface area contributed by atoms with Gasteiger partial charge in [-0.15, -0.1) is 0 Å². The molecule has 5 heterocycles. The van der Waals surface area contributed by atoms with E-state index in [2.05, 4.69) is 4.98 Å². The molecule has 1 N–H and O–H groups in total. The Hall–Kier alpha value is -4.96. The van der Waals surface area contributed by atoms with E-state index >= 15 is 0 Å². The van der Waals surface area contributed by atoms with Gasteiger partial charge in [0.1, 0.15) is 17.7 Å². The molecule has 2 aliphatic heterocycles. The molecule has 0 spiro atoms. The quantitative estimate of drug-likeness (QED) is 0.304. The number of carbonyl (C=O) groups excluding carboxylic acids is 2. The zero-order valence-corrected chi connectivity index (χ0v) is 26.8. The average molecular weight is 633 g/mol. The normalized spacial score (nSPS) is 19.6. The lowest BCUT2D eigenvalue weighted by Gasteiger charge is -2.43. The molecule has 7 rings (SSSR count). The number of aliphatic hydroxyl groups is 1. The van der Waals surface area contributed by atoms with E-state index in [-0.39, 0.29) is 35.8 Å². The lowest BCUT2D eigenvalue weighted by atomic mass is 9.79. The van der Waals surface area contributed by atoms with Gasteiger partial charge in [-0.3, -0.25) is 19.0 Å². The number of nitrogens with zero attached hydrogens (tertiary/aromatic N) is 6. The lowest BCUT2D eigenvalue weighted by Crippen LogP contribution is -2.53. The van der Waals surface area contributed by atoms with E-state index in [1.54, 1.807) is 16.8 Å². The number of aromatic nitrogens is 4. The molecule has 2 atom stereocenters. The number of fused-ring (bicyclic) bond motifs is 1. The monoisotopic (exact) mass is 632 g/mol. The molecular weight excluding hydrogens is 592 g/mol. The summed E-state index contributed by atoms with van der Waals surface area (Å²) in [5.41, 5.74) is 3.00. The van der Waals surface area contributed by atoms with Crippen molar-refractivity contribution in [2.75, 3.05) is 26.2 Å². The Labute approximate surface area is 273 Å². The number of hydrogen-bond acceptors (Lipinski definition) is 5. The van der Waals surface area contributed by atoms with Crippen molar-refractivity contribution in [3.63, 3.8) is 0 Å². The lowest BCUT2D eigenvalue weighted by molar-refractivity contribution is -0.142. The SMILES string of the molecule is Cn1c(C(=O)N2CC[C@@H](C(=O)N3CCC(O)(Cn4cnc5c(ccn5C)c4=O)CC3)[C@H](c3ccccc3)C2)ccc1-c1ccccc1. The average Bonchev–Trinajstić information content (AvgIpc) is 3.68. The highest BCUT2D eigenvalue weighted by atomic mass is 16.3. The van der Waals surface area contributed by atoms with E-state index in [0.717, 1.165) is 16.8 Å². The van der Waals surface area contributed by atoms with Gasteiger partial charge in [0.2, 0.25) is 5.91 Å². The van der Waals surface area contributed by atoms with Gasteiger partial charge in [0, 0.05) is 64.0 Å². The van der Waals surface area contributed by atoms with Gasteiger partial charge in [0.05, 0.1) is 17.5 Å². The van der Waals surface area contributed by atoms with E-state index in [1.807, 2.05) is 101 Å². The van der Waals surface area contributed by atoms with Gasteiger partial charge in [-0.25, -0.2) is 4.98 Å². The van der Waals surface area contributed by atoms with Crippen LogP contribution in [0.1, 0.15) is 41.2 Å². The summed E-state index contributed by atoms with van der Waals surface area (Å²) in [5.74, 6) is -0.419. The first-order valence-electron chi connectivity index (χ1n) is 16.3. The van der Waals surface area contributed by atoms with Crippen molar-refractivity contribution < 1.29 is 14.7 Å². The second kappa shape index (κ2) is 12.3. The van der Waals surface area contributed by atoms with Crippen LogP contribution in [0.4, 0.5) is 0 Å². The van der Waals surface area contributed by atoms with Gasteiger partial charge in [0.15, 0.2) is 0 Å². The van der Waals surface area contributed by atoms with Crippen molar-refractivity contribution in [1.29, 1.82) is 0 Å². The topological polar surface area (TPSA) is 106 Å². The van der Waals surface area contributed by atoms with Crippen LogP contribution in [0.15, 0.2) is 96.2 Å². The molecule has 242 valence electrons. The molecular formula is C37H40N6O4. The standard InChI is InChI=1S/C37H40N6O4/c1-39-19-15-29-33(39)38-25-43(35(29)45)24-37(47)17-21-41(22-18-37)34(44)28-16-20-42(23-30(28)26-9-5-3-6-10-26)36(46)32-14-13-31(40(32)2)27-11-7-4-8-12-27/h3-15,19,25,28,30,47H,16-18,20-24H2,1-2H3/t28-,30+/m1/s1. The summed E-state index contributed by atoms with van der Waals surface area (Å²) in [6.07, 6.45) is 4.58. The van der Waals surface area contributed by atoms with Crippen LogP contribution in [-0.4, -0.2) is 77.2 Å². The zero-order chi connectivity index (χ0) is 32.7. The number of likely N-dealkylation sites (tertiary alicyclic amines) is 2. The fourth-order valence-electron chi connectivity index (χ4n) is 7.40. The minimum Gasteiger partial charge on any atom is -0.388 e. The molecule has 10 heteroatoms. The Kier molecular flexibility index (Phi) is 8.05. The molecule has 2 aliphatic rings. The van der Waals surface area contributed by atoms with Gasteiger partial charge in [-0.05, 0) is 48.6 Å². The van der Waals surface area contributed by atoms with E-state index in [4.69, 9.17) is 0 Å². The van der Waals surface area contributed by atoms with Crippen LogP contribution in [0.3, 0.4) is 0 Å². The third-order valence-electron chi connectivity index (χ3n) is 10.2. The molecule has 0 aliphatic carbocycles. The summed E-state index contributed by atoms with van der Waals surface area (Å²) in [6, 6.07) is 25.6. The first kappa shape index (κ1) is 30.7. The molecule has 0 unspecified atom stereocenters. The number of aryl methyl sites for hydroxylation is 1. The molecule has 2 saturated heterocycles. The molecule has 2 fully saturated rings. The van der Waals surface area contributed by atoms with Crippen molar-refractivity contribution in [3.8, 4) is 11.3 Å². The molecule has 10 nitrogen and oxygen atoms in total. The van der Waals surface area contributed by atoms with Crippen molar-refractivity contribution in [3.05, 3.63) is 113 Å². The van der Waals surface area contributed by atoms with Crippen LogP contribution in [0, 0.1) is 5.92 Å². The fraction of sp³-hybridized carbons (Fsp3) is 0.351. The highest BCUT2D eigenvalue weighted by molar-refractivity contribution is 5.94. The van der Waals surface area contributed by atoms with Crippen molar-refractivity contribution in [1.82, 2.24) is 28.5 Å². The predicted molar refractivity (Wildman–Crippen MR) is 180 cm³/mol. The largest absolute Gasteiger partial charge is 0.388 e. The first-order chi connectivity index (χ1) is 22.7. The third kappa shape index (κ3) is 5.78. The van der Waals surface area contributed by atoms with E-state index in [9.17, 15) is 19.5 Å². The molecule has 2 aromatic carbocycles. The zero-order valence-electron chi connectivity index (χ0n) is 26.8. The van der Waals surface area contributed by atoms with Gasteiger partial charge < -0.3 is 24.0 Å². The Bertz CT molecular complexity index is 1970. The Morgan fingerprint density at radius 2 is 1.60 bits per heavy atom. The molecule has 5 aromatic rings. The van der Waals surface area contributed by atoms with Crippen LogP contribution in [0.25, 0.3) is 22.3 Å². The Morgan fingerprint density at radius 3 is 2.32 bits per heavy atom. The smallest absolute Gasteiger partial charge is 0.270 e. The molecule has 0 saturated carbocycles. The highest BCUT2D eigenvalue weighted by Gasteiger charge is 2.42. The van der Waals surface area contributed by atoms with E-state index < -0.39 is 5.60 Å². The van der Waals surface area contributed by atoms with Crippen LogP contribution < -0.4 is 5.56 Å². The summed E-state index contributed by atoms with van der Waals surface area (Å²) in [4.78, 5) is 49.3. The maximum atomic E-state index is 14.1. The number of carbonyl (C=O) groups is 2. The summed E-state index contributed by atoms with van der Waals surface area (Å²) in [5, 5.41) is 12.0. The molecule has 2 amide bonds. The van der Waals surface area contributed by atoms with Gasteiger partial charge in [-0.2, -0.15) is 0 Å². The highest BCUT2D eigenvalue weighted by Crippen LogP contribution is 2.36. The first-order valence-corrected chi connectivity index (χ1v) is 16.3. The molecule has 3 aromatic heterocycles. The van der Waals surface area contributed by atoms with Gasteiger partial charge in [-0.1, -0.05) is 60.7 Å². The summed E-state index contributed by atoms with van der Waals surface area (Å²) in [7, 11) is 3.76. The Balaban J connectivity index is 1.05.